The number of imidazole rings is 1. The number of aromatic nitrogens is 2. The van der Waals surface area contributed by atoms with E-state index < -0.39 is 0 Å². The molecule has 1 saturated carbocycles. The molecule has 0 radical (unpaired) electrons. The summed E-state index contributed by atoms with van der Waals surface area (Å²) in [5.74, 6) is 1.04. The summed E-state index contributed by atoms with van der Waals surface area (Å²) < 4.78 is 3.50. The highest BCUT2D eigenvalue weighted by molar-refractivity contribution is 9.10. The molecule has 4 nitrogen and oxygen atoms in total. The summed E-state index contributed by atoms with van der Waals surface area (Å²) in [5.41, 5.74) is 8.02. The molecule has 0 spiro atoms. The highest BCUT2D eigenvalue weighted by Crippen LogP contribution is 2.28. The van der Waals surface area contributed by atoms with Gasteiger partial charge < -0.3 is 15.6 Å². The van der Waals surface area contributed by atoms with E-state index in [9.17, 15) is 0 Å². The highest BCUT2D eigenvalue weighted by Gasteiger charge is 2.18. The minimum Gasteiger partial charge on any atom is -0.353 e. The van der Waals surface area contributed by atoms with Crippen molar-refractivity contribution < 1.29 is 0 Å². The summed E-state index contributed by atoms with van der Waals surface area (Å²) in [6.45, 7) is 1.85. The maximum absolute atomic E-state index is 5.58. The standard InChI is InChI=1S/C22H33BrN4/c23-19-13-11-18(12-14-19)21-17-25-22(26-20-9-5-6-10-20)27(21)16-8-4-2-1-3-7-15-24/h11-14,17,20H,1-10,15-16,24H2,(H,25,26). The first-order valence-corrected chi connectivity index (χ1v) is 11.4. The van der Waals surface area contributed by atoms with Crippen molar-refractivity contribution in [2.45, 2.75) is 76.8 Å². The van der Waals surface area contributed by atoms with Gasteiger partial charge >= 0.3 is 0 Å². The zero-order chi connectivity index (χ0) is 18.9. The largest absolute Gasteiger partial charge is 0.353 e. The smallest absolute Gasteiger partial charge is 0.203 e. The zero-order valence-corrected chi connectivity index (χ0v) is 17.9. The molecule has 1 heterocycles. The second kappa shape index (κ2) is 10.9. The second-order valence-electron chi connectivity index (χ2n) is 7.66. The third kappa shape index (κ3) is 6.08. The van der Waals surface area contributed by atoms with Gasteiger partial charge in [-0.15, -0.1) is 0 Å². The van der Waals surface area contributed by atoms with E-state index in [2.05, 4.69) is 50.1 Å². The van der Waals surface area contributed by atoms with Crippen molar-refractivity contribution in [1.82, 2.24) is 9.55 Å². The number of hydrogen-bond acceptors (Lipinski definition) is 3. The van der Waals surface area contributed by atoms with Crippen LogP contribution in [0.15, 0.2) is 34.9 Å². The topological polar surface area (TPSA) is 55.9 Å². The average Bonchev–Trinajstić information content (AvgIpc) is 3.32. The Hall–Kier alpha value is -1.33. The van der Waals surface area contributed by atoms with Crippen molar-refractivity contribution in [3.63, 3.8) is 0 Å². The molecule has 0 aliphatic heterocycles. The van der Waals surface area contributed by atoms with Gasteiger partial charge in [-0.2, -0.15) is 0 Å². The first-order chi connectivity index (χ1) is 13.3. The summed E-state index contributed by atoms with van der Waals surface area (Å²) in [6.07, 6.45) is 14.7. The van der Waals surface area contributed by atoms with E-state index in [0.29, 0.717) is 6.04 Å². The van der Waals surface area contributed by atoms with Gasteiger partial charge in [0.2, 0.25) is 5.95 Å². The number of unbranched alkanes of at least 4 members (excludes halogenated alkanes) is 5. The fourth-order valence-electron chi connectivity index (χ4n) is 3.94. The van der Waals surface area contributed by atoms with Gasteiger partial charge in [0.1, 0.15) is 0 Å². The molecule has 148 valence electrons. The van der Waals surface area contributed by atoms with Crippen LogP contribution in [0.25, 0.3) is 11.3 Å². The predicted molar refractivity (Wildman–Crippen MR) is 118 cm³/mol. The third-order valence-electron chi connectivity index (χ3n) is 5.52. The molecule has 1 fully saturated rings. The molecular weight excluding hydrogens is 400 g/mol. The van der Waals surface area contributed by atoms with Crippen molar-refractivity contribution in [2.75, 3.05) is 11.9 Å². The summed E-state index contributed by atoms with van der Waals surface area (Å²) in [7, 11) is 0. The molecule has 0 amide bonds. The van der Waals surface area contributed by atoms with Gasteiger partial charge in [0, 0.05) is 17.1 Å². The number of nitrogens with zero attached hydrogens (tertiary/aromatic N) is 2. The number of halogens is 1. The Kier molecular flexibility index (Phi) is 8.21. The van der Waals surface area contributed by atoms with E-state index in [0.717, 1.165) is 29.9 Å². The molecule has 3 rings (SSSR count). The molecule has 0 unspecified atom stereocenters. The van der Waals surface area contributed by atoms with E-state index in [1.165, 1.54) is 69.0 Å². The Morgan fingerprint density at radius 2 is 1.67 bits per heavy atom. The number of benzene rings is 1. The lowest BCUT2D eigenvalue weighted by molar-refractivity contribution is 0.555. The van der Waals surface area contributed by atoms with E-state index >= 15 is 0 Å². The molecule has 5 heteroatoms. The zero-order valence-electron chi connectivity index (χ0n) is 16.3. The predicted octanol–water partition coefficient (Wildman–Crippen LogP) is 5.97. The lowest BCUT2D eigenvalue weighted by Gasteiger charge is -2.17. The van der Waals surface area contributed by atoms with E-state index in [-0.39, 0.29) is 0 Å². The summed E-state index contributed by atoms with van der Waals surface area (Å²) in [4.78, 5) is 4.74. The lowest BCUT2D eigenvalue weighted by atomic mass is 10.1. The van der Waals surface area contributed by atoms with Crippen LogP contribution < -0.4 is 11.1 Å². The van der Waals surface area contributed by atoms with Crippen molar-refractivity contribution in [3.8, 4) is 11.3 Å². The monoisotopic (exact) mass is 432 g/mol. The van der Waals surface area contributed by atoms with Crippen LogP contribution in [0.3, 0.4) is 0 Å². The Labute approximate surface area is 172 Å². The van der Waals surface area contributed by atoms with Crippen LogP contribution in [-0.4, -0.2) is 22.1 Å². The fourth-order valence-corrected chi connectivity index (χ4v) is 4.21. The maximum Gasteiger partial charge on any atom is 0.203 e. The van der Waals surface area contributed by atoms with Gasteiger partial charge in [-0.05, 0) is 49.9 Å². The molecule has 1 aliphatic carbocycles. The van der Waals surface area contributed by atoms with Crippen LogP contribution in [0.2, 0.25) is 0 Å². The third-order valence-corrected chi connectivity index (χ3v) is 6.05. The van der Waals surface area contributed by atoms with Crippen LogP contribution in [0.4, 0.5) is 5.95 Å². The van der Waals surface area contributed by atoms with Crippen LogP contribution in [0.5, 0.6) is 0 Å². The van der Waals surface area contributed by atoms with E-state index in [1.807, 2.05) is 6.20 Å². The summed E-state index contributed by atoms with van der Waals surface area (Å²) in [6, 6.07) is 9.13. The second-order valence-corrected chi connectivity index (χ2v) is 8.58. The first kappa shape index (κ1) is 20.4. The average molecular weight is 433 g/mol. The molecule has 1 aromatic heterocycles. The lowest BCUT2D eigenvalue weighted by Crippen LogP contribution is -2.18. The first-order valence-electron chi connectivity index (χ1n) is 10.6. The number of hydrogen-bond donors (Lipinski definition) is 2. The van der Waals surface area contributed by atoms with Crippen molar-refractivity contribution in [2.24, 2.45) is 5.73 Å². The van der Waals surface area contributed by atoms with Gasteiger partial charge in [-0.3, -0.25) is 0 Å². The Bertz CT molecular complexity index is 674. The Balaban J connectivity index is 1.65. The maximum atomic E-state index is 5.58. The van der Waals surface area contributed by atoms with Crippen molar-refractivity contribution in [3.05, 3.63) is 34.9 Å². The van der Waals surface area contributed by atoms with Gasteiger partial charge in [0.15, 0.2) is 0 Å². The quantitative estimate of drug-likeness (QED) is 0.430. The number of nitrogens with two attached hydrogens (primary N) is 1. The van der Waals surface area contributed by atoms with Crippen LogP contribution in [0, 0.1) is 0 Å². The molecule has 27 heavy (non-hydrogen) atoms. The van der Waals surface area contributed by atoms with Gasteiger partial charge in [-0.1, -0.05) is 66.6 Å². The number of anilines is 1. The Morgan fingerprint density at radius 3 is 2.37 bits per heavy atom. The molecule has 0 bridgehead atoms. The van der Waals surface area contributed by atoms with Gasteiger partial charge in [0.05, 0.1) is 11.9 Å². The van der Waals surface area contributed by atoms with E-state index in [1.54, 1.807) is 0 Å². The molecular formula is C22H33BrN4. The minimum atomic E-state index is 0.584. The normalized spacial score (nSPS) is 14.7. The van der Waals surface area contributed by atoms with Crippen molar-refractivity contribution >= 4 is 21.9 Å². The molecule has 2 aromatic rings. The molecule has 3 N–H and O–H groups in total. The molecule has 1 aromatic carbocycles. The summed E-state index contributed by atoms with van der Waals surface area (Å²) in [5, 5.41) is 3.71. The van der Waals surface area contributed by atoms with Crippen LogP contribution in [-0.2, 0) is 6.54 Å². The number of rotatable bonds is 11. The molecule has 0 atom stereocenters. The van der Waals surface area contributed by atoms with Gasteiger partial charge in [-0.25, -0.2) is 4.98 Å². The highest BCUT2D eigenvalue weighted by atomic mass is 79.9. The van der Waals surface area contributed by atoms with Crippen molar-refractivity contribution in [1.29, 1.82) is 0 Å². The number of nitrogens with one attached hydrogen (secondary N) is 1. The molecule has 0 saturated heterocycles. The van der Waals surface area contributed by atoms with E-state index in [4.69, 9.17) is 10.7 Å². The van der Waals surface area contributed by atoms with Crippen LogP contribution >= 0.6 is 15.9 Å². The minimum absolute atomic E-state index is 0.584. The molecule has 1 aliphatic rings. The Morgan fingerprint density at radius 1 is 1.00 bits per heavy atom. The van der Waals surface area contributed by atoms with Gasteiger partial charge in [0.25, 0.3) is 0 Å². The van der Waals surface area contributed by atoms with Crippen LogP contribution in [0.1, 0.15) is 64.2 Å². The summed E-state index contributed by atoms with van der Waals surface area (Å²) >= 11 is 3.53. The SMILES string of the molecule is NCCCCCCCCn1c(-c2ccc(Br)cc2)cnc1NC1CCCC1. The fraction of sp³-hybridized carbons (Fsp3) is 0.591.